The molecule has 1 atom stereocenters. The number of halogens is 1. The summed E-state index contributed by atoms with van der Waals surface area (Å²) in [5.74, 6) is -1.93. The van der Waals surface area contributed by atoms with Gasteiger partial charge in [-0.2, -0.15) is 5.10 Å². The van der Waals surface area contributed by atoms with Gasteiger partial charge in [0.15, 0.2) is 11.8 Å². The van der Waals surface area contributed by atoms with Crippen molar-refractivity contribution in [3.8, 4) is 0 Å². The molecule has 0 unspecified atom stereocenters. The molecule has 2 aromatic carbocycles. The maximum absolute atomic E-state index is 13.5. The van der Waals surface area contributed by atoms with E-state index in [1.54, 1.807) is 30.3 Å². The van der Waals surface area contributed by atoms with E-state index in [9.17, 15) is 14.0 Å². The quantitative estimate of drug-likeness (QED) is 0.722. The van der Waals surface area contributed by atoms with Crippen LogP contribution in [0.5, 0.6) is 0 Å². The summed E-state index contributed by atoms with van der Waals surface area (Å²) in [5, 5.41) is 9.61. The molecule has 0 aliphatic rings. The highest BCUT2D eigenvalue weighted by molar-refractivity contribution is 6.03. The van der Waals surface area contributed by atoms with E-state index in [1.165, 1.54) is 25.1 Å². The number of anilines is 1. The van der Waals surface area contributed by atoms with Crippen LogP contribution < -0.4 is 5.32 Å². The maximum Gasteiger partial charge on any atom is 0.360 e. The number of esters is 1. The number of para-hydroxylation sites is 2. The van der Waals surface area contributed by atoms with Gasteiger partial charge in [0.2, 0.25) is 0 Å². The van der Waals surface area contributed by atoms with Crippen molar-refractivity contribution in [2.24, 2.45) is 0 Å². The number of nitrogens with zero attached hydrogens (tertiary/aromatic N) is 1. The fourth-order valence-electron chi connectivity index (χ4n) is 2.19. The molecule has 3 aromatic rings. The number of benzene rings is 2. The summed E-state index contributed by atoms with van der Waals surface area (Å²) >= 11 is 0. The highest BCUT2D eigenvalue weighted by Crippen LogP contribution is 2.17. The monoisotopic (exact) mass is 327 g/mol. The molecule has 2 N–H and O–H groups in total. The van der Waals surface area contributed by atoms with Crippen molar-refractivity contribution in [2.75, 3.05) is 5.32 Å². The third kappa shape index (κ3) is 3.10. The Morgan fingerprint density at radius 2 is 1.88 bits per heavy atom. The second-order valence-corrected chi connectivity index (χ2v) is 5.13. The Balaban J connectivity index is 1.70. The molecule has 0 fully saturated rings. The zero-order valence-corrected chi connectivity index (χ0v) is 12.7. The Morgan fingerprint density at radius 1 is 1.17 bits per heavy atom. The van der Waals surface area contributed by atoms with Crippen LogP contribution in [0.15, 0.2) is 48.5 Å². The number of carbonyl (C=O) groups excluding carboxylic acids is 2. The second-order valence-electron chi connectivity index (χ2n) is 5.13. The average molecular weight is 327 g/mol. The summed E-state index contributed by atoms with van der Waals surface area (Å²) in [5.41, 5.74) is 0.805. The van der Waals surface area contributed by atoms with Crippen molar-refractivity contribution in [1.82, 2.24) is 10.2 Å². The Kier molecular flexibility index (Phi) is 4.24. The first-order valence-corrected chi connectivity index (χ1v) is 7.25. The Bertz CT molecular complexity index is 907. The second kappa shape index (κ2) is 6.49. The molecule has 7 heteroatoms. The molecule has 1 heterocycles. The van der Waals surface area contributed by atoms with E-state index in [4.69, 9.17) is 4.74 Å². The lowest BCUT2D eigenvalue weighted by Crippen LogP contribution is -2.30. The molecule has 0 aliphatic heterocycles. The van der Waals surface area contributed by atoms with Gasteiger partial charge in [-0.05, 0) is 25.1 Å². The van der Waals surface area contributed by atoms with Crippen molar-refractivity contribution >= 4 is 28.5 Å². The van der Waals surface area contributed by atoms with Crippen molar-refractivity contribution in [3.63, 3.8) is 0 Å². The molecule has 24 heavy (non-hydrogen) atoms. The molecule has 0 radical (unpaired) electrons. The summed E-state index contributed by atoms with van der Waals surface area (Å²) in [6, 6.07) is 12.8. The first-order chi connectivity index (χ1) is 11.6. The van der Waals surface area contributed by atoms with Gasteiger partial charge in [-0.1, -0.05) is 30.3 Å². The molecular weight excluding hydrogens is 313 g/mol. The first kappa shape index (κ1) is 15.7. The summed E-state index contributed by atoms with van der Waals surface area (Å²) in [7, 11) is 0. The number of hydrogen-bond donors (Lipinski definition) is 2. The highest BCUT2D eigenvalue weighted by Gasteiger charge is 2.22. The third-order valence-electron chi connectivity index (χ3n) is 3.45. The standard InChI is InChI=1S/C17H14FN3O3/c1-10(16(22)19-14-9-5-3-7-12(14)18)24-17(23)15-11-6-2-4-8-13(11)20-21-15/h2-10H,1H3,(H,19,22)(H,20,21)/t10-/m0/s1. The zero-order valence-electron chi connectivity index (χ0n) is 12.7. The lowest BCUT2D eigenvalue weighted by atomic mass is 10.2. The van der Waals surface area contributed by atoms with Crippen LogP contribution in [0.1, 0.15) is 17.4 Å². The van der Waals surface area contributed by atoms with Gasteiger partial charge in [0.05, 0.1) is 11.2 Å². The Labute approximate surface area is 136 Å². The highest BCUT2D eigenvalue weighted by atomic mass is 19.1. The lowest BCUT2D eigenvalue weighted by molar-refractivity contribution is -0.123. The molecule has 0 aliphatic carbocycles. The number of rotatable bonds is 4. The van der Waals surface area contributed by atoms with Crippen molar-refractivity contribution < 1.29 is 18.7 Å². The van der Waals surface area contributed by atoms with Crippen molar-refractivity contribution in [2.45, 2.75) is 13.0 Å². The molecule has 1 aromatic heterocycles. The van der Waals surface area contributed by atoms with Crippen LogP contribution in [0.25, 0.3) is 10.9 Å². The van der Waals surface area contributed by atoms with Crippen LogP contribution in [-0.2, 0) is 9.53 Å². The Morgan fingerprint density at radius 3 is 2.67 bits per heavy atom. The van der Waals surface area contributed by atoms with Gasteiger partial charge < -0.3 is 10.1 Å². The molecule has 122 valence electrons. The molecular formula is C17H14FN3O3. The number of fused-ring (bicyclic) bond motifs is 1. The van der Waals surface area contributed by atoms with Crippen LogP contribution in [0.4, 0.5) is 10.1 Å². The number of nitrogens with one attached hydrogen (secondary N) is 2. The largest absolute Gasteiger partial charge is 0.448 e. The van der Waals surface area contributed by atoms with Crippen LogP contribution in [0, 0.1) is 5.82 Å². The minimum atomic E-state index is -1.10. The summed E-state index contributed by atoms with van der Waals surface area (Å²) in [6.07, 6.45) is -1.10. The number of aromatic amines is 1. The van der Waals surface area contributed by atoms with Crippen molar-refractivity contribution in [1.29, 1.82) is 0 Å². The lowest BCUT2D eigenvalue weighted by Gasteiger charge is -2.13. The van der Waals surface area contributed by atoms with Gasteiger partial charge in [-0.3, -0.25) is 9.89 Å². The fourth-order valence-corrected chi connectivity index (χ4v) is 2.19. The summed E-state index contributed by atoms with van der Waals surface area (Å²) in [6.45, 7) is 1.41. The SMILES string of the molecule is C[C@H](OC(=O)c1n[nH]c2ccccc12)C(=O)Nc1ccccc1F. The number of hydrogen-bond acceptors (Lipinski definition) is 4. The smallest absolute Gasteiger partial charge is 0.360 e. The van der Waals surface area contributed by atoms with Gasteiger partial charge in [0.1, 0.15) is 5.82 Å². The number of H-pyrrole nitrogens is 1. The average Bonchev–Trinajstić information content (AvgIpc) is 3.01. The van der Waals surface area contributed by atoms with E-state index < -0.39 is 23.8 Å². The van der Waals surface area contributed by atoms with Gasteiger partial charge in [0.25, 0.3) is 5.91 Å². The van der Waals surface area contributed by atoms with Gasteiger partial charge >= 0.3 is 5.97 Å². The molecule has 1 amide bonds. The van der Waals surface area contributed by atoms with Gasteiger partial charge in [-0.15, -0.1) is 0 Å². The molecule has 6 nitrogen and oxygen atoms in total. The molecule has 3 rings (SSSR count). The molecule has 0 saturated carbocycles. The molecule has 0 saturated heterocycles. The van der Waals surface area contributed by atoms with E-state index in [0.717, 1.165) is 0 Å². The number of ether oxygens (including phenoxy) is 1. The predicted octanol–water partition coefficient (Wildman–Crippen LogP) is 2.89. The molecule has 0 bridgehead atoms. The van der Waals surface area contributed by atoms with Crippen LogP contribution >= 0.6 is 0 Å². The van der Waals surface area contributed by atoms with E-state index >= 15 is 0 Å². The van der Waals surface area contributed by atoms with E-state index in [0.29, 0.717) is 10.9 Å². The molecule has 0 spiro atoms. The van der Waals surface area contributed by atoms with Crippen LogP contribution in [0.2, 0.25) is 0 Å². The Hall–Kier alpha value is -3.22. The van der Waals surface area contributed by atoms with Crippen molar-refractivity contribution in [3.05, 3.63) is 60.0 Å². The van der Waals surface area contributed by atoms with E-state index in [-0.39, 0.29) is 11.4 Å². The zero-order chi connectivity index (χ0) is 17.1. The number of carbonyl (C=O) groups is 2. The summed E-state index contributed by atoms with van der Waals surface area (Å²) < 4.78 is 18.7. The number of aromatic nitrogens is 2. The van der Waals surface area contributed by atoms with Crippen LogP contribution in [0.3, 0.4) is 0 Å². The minimum Gasteiger partial charge on any atom is -0.448 e. The minimum absolute atomic E-state index is 0.0237. The number of amides is 1. The van der Waals surface area contributed by atoms with Gasteiger partial charge in [0, 0.05) is 5.39 Å². The predicted molar refractivity (Wildman–Crippen MR) is 86.0 cm³/mol. The first-order valence-electron chi connectivity index (χ1n) is 7.25. The van der Waals surface area contributed by atoms with Crippen LogP contribution in [-0.4, -0.2) is 28.2 Å². The summed E-state index contributed by atoms with van der Waals surface area (Å²) in [4.78, 5) is 24.2. The normalized spacial score (nSPS) is 11.9. The van der Waals surface area contributed by atoms with Gasteiger partial charge in [-0.25, -0.2) is 9.18 Å². The van der Waals surface area contributed by atoms with E-state index in [2.05, 4.69) is 15.5 Å². The van der Waals surface area contributed by atoms with E-state index in [1.807, 2.05) is 0 Å². The third-order valence-corrected chi connectivity index (χ3v) is 3.45. The maximum atomic E-state index is 13.5. The fraction of sp³-hybridized carbons (Fsp3) is 0.118. The topological polar surface area (TPSA) is 84.1 Å².